The summed E-state index contributed by atoms with van der Waals surface area (Å²) < 4.78 is 0. The summed E-state index contributed by atoms with van der Waals surface area (Å²) in [5.74, 6) is -0.572. The van der Waals surface area contributed by atoms with Gasteiger partial charge in [0.15, 0.2) is 0 Å². The first kappa shape index (κ1) is 14.1. The number of carboxylic acids is 1. The number of carboxylic acid groups (broad SMARTS) is 1. The molecule has 0 aliphatic rings. The summed E-state index contributed by atoms with van der Waals surface area (Å²) in [5.41, 5.74) is 0.732. The smallest absolute Gasteiger partial charge is 0.365 e. The zero-order valence-electron chi connectivity index (χ0n) is 10.0. The molecule has 3 N–H and O–H groups in total. The number of aromatic carboxylic acids is 1. The van der Waals surface area contributed by atoms with Crippen LogP contribution in [0.15, 0.2) is 5.38 Å². The summed E-state index contributed by atoms with van der Waals surface area (Å²) in [5, 5.41) is 22.8. The Balaban J connectivity index is 2.50. The number of nitrogens with one attached hydrogen (secondary N) is 1. The summed E-state index contributed by atoms with van der Waals surface area (Å²) in [7, 11) is 0. The van der Waals surface area contributed by atoms with Gasteiger partial charge in [-0.1, -0.05) is 13.8 Å². The summed E-state index contributed by atoms with van der Waals surface area (Å²) in [6.07, 6.45) is 0.688. The molecule has 1 aromatic heterocycles. The monoisotopic (exact) mass is 258 g/mol. The molecule has 0 aliphatic carbocycles. The fraction of sp³-hybridized carbons (Fsp3) is 0.636. The van der Waals surface area contributed by atoms with Gasteiger partial charge in [0.25, 0.3) is 0 Å². The average Bonchev–Trinajstić information content (AvgIpc) is 2.72. The summed E-state index contributed by atoms with van der Waals surface area (Å²) in [6, 6.07) is 0.218. The minimum absolute atomic E-state index is 0.116. The van der Waals surface area contributed by atoms with E-state index in [1.54, 1.807) is 5.38 Å². The van der Waals surface area contributed by atoms with Crippen LogP contribution in [-0.2, 0) is 6.54 Å². The Hall–Kier alpha value is -0.980. The third-order valence-corrected chi connectivity index (χ3v) is 3.40. The lowest BCUT2D eigenvalue weighted by Gasteiger charge is -2.20. The highest BCUT2D eigenvalue weighted by atomic mass is 32.1. The molecule has 0 saturated carbocycles. The first-order valence-corrected chi connectivity index (χ1v) is 6.44. The largest absolute Gasteiger partial charge is 0.476 e. The molecule has 1 unspecified atom stereocenters. The van der Waals surface area contributed by atoms with Crippen LogP contribution in [0, 0.1) is 5.92 Å². The molecule has 0 radical (unpaired) electrons. The molecule has 0 aliphatic heterocycles. The second-order valence-corrected chi connectivity index (χ2v) is 5.05. The molecular formula is C11H18N2O3S. The summed E-state index contributed by atoms with van der Waals surface area (Å²) >= 11 is 1.13. The molecule has 1 rings (SSSR count). The fourth-order valence-electron chi connectivity index (χ4n) is 1.53. The van der Waals surface area contributed by atoms with Gasteiger partial charge in [0.2, 0.25) is 5.01 Å². The van der Waals surface area contributed by atoms with E-state index in [2.05, 4.69) is 24.1 Å². The molecule has 5 nitrogen and oxygen atoms in total. The SMILES string of the molecule is CC(C)C(CCO)NCc1csc(C(=O)O)n1. The Kier molecular flexibility index (Phi) is 5.54. The van der Waals surface area contributed by atoms with Crippen LogP contribution in [0.4, 0.5) is 0 Å². The third-order valence-electron chi connectivity index (χ3n) is 2.52. The number of hydrogen-bond donors (Lipinski definition) is 3. The van der Waals surface area contributed by atoms with Crippen LogP contribution in [0.2, 0.25) is 0 Å². The van der Waals surface area contributed by atoms with Crippen molar-refractivity contribution in [2.75, 3.05) is 6.61 Å². The van der Waals surface area contributed by atoms with E-state index in [1.165, 1.54) is 0 Å². The highest BCUT2D eigenvalue weighted by Crippen LogP contribution is 2.11. The van der Waals surface area contributed by atoms with E-state index in [0.717, 1.165) is 17.0 Å². The standard InChI is InChI=1S/C11H18N2O3S/c1-7(2)9(3-4-14)12-5-8-6-17-10(13-8)11(15)16/h6-7,9,12,14H,3-5H2,1-2H3,(H,15,16). The van der Waals surface area contributed by atoms with E-state index in [9.17, 15) is 4.79 Å². The van der Waals surface area contributed by atoms with Crippen LogP contribution in [0.5, 0.6) is 0 Å². The van der Waals surface area contributed by atoms with Crippen molar-refractivity contribution in [1.82, 2.24) is 10.3 Å². The number of nitrogens with zero attached hydrogens (tertiary/aromatic N) is 1. The van der Waals surface area contributed by atoms with E-state index < -0.39 is 5.97 Å². The van der Waals surface area contributed by atoms with Crippen LogP contribution < -0.4 is 5.32 Å². The second-order valence-electron chi connectivity index (χ2n) is 4.19. The number of rotatable bonds is 7. The normalized spacial score (nSPS) is 12.9. The van der Waals surface area contributed by atoms with E-state index in [1.807, 2.05) is 0 Å². The molecule has 1 atom stereocenters. The number of aliphatic hydroxyl groups excluding tert-OH is 1. The number of aliphatic hydroxyl groups is 1. The van der Waals surface area contributed by atoms with Crippen molar-refractivity contribution in [2.24, 2.45) is 5.92 Å². The van der Waals surface area contributed by atoms with Crippen molar-refractivity contribution in [2.45, 2.75) is 32.9 Å². The maximum Gasteiger partial charge on any atom is 0.365 e. The van der Waals surface area contributed by atoms with E-state index in [0.29, 0.717) is 18.9 Å². The van der Waals surface area contributed by atoms with Crippen LogP contribution in [0.3, 0.4) is 0 Å². The van der Waals surface area contributed by atoms with E-state index in [-0.39, 0.29) is 17.7 Å². The lowest BCUT2D eigenvalue weighted by molar-refractivity contribution is 0.0696. The fourth-order valence-corrected chi connectivity index (χ4v) is 2.19. The molecule has 0 spiro atoms. The summed E-state index contributed by atoms with van der Waals surface area (Å²) in [4.78, 5) is 14.7. The van der Waals surface area contributed by atoms with E-state index in [4.69, 9.17) is 10.2 Å². The predicted octanol–water partition coefficient (Wildman–Crippen LogP) is 1.34. The van der Waals surface area contributed by atoms with Crippen molar-refractivity contribution in [1.29, 1.82) is 0 Å². The lowest BCUT2D eigenvalue weighted by Crippen LogP contribution is -2.34. The Morgan fingerprint density at radius 2 is 2.29 bits per heavy atom. The Morgan fingerprint density at radius 1 is 1.59 bits per heavy atom. The van der Waals surface area contributed by atoms with Crippen LogP contribution in [-0.4, -0.2) is 33.8 Å². The van der Waals surface area contributed by atoms with Gasteiger partial charge < -0.3 is 15.5 Å². The number of aromatic nitrogens is 1. The quantitative estimate of drug-likeness (QED) is 0.687. The Morgan fingerprint density at radius 3 is 2.76 bits per heavy atom. The lowest BCUT2D eigenvalue weighted by atomic mass is 10.0. The molecule has 96 valence electrons. The molecule has 17 heavy (non-hydrogen) atoms. The van der Waals surface area contributed by atoms with Crippen LogP contribution >= 0.6 is 11.3 Å². The second kappa shape index (κ2) is 6.68. The minimum atomic E-state index is -0.989. The zero-order valence-corrected chi connectivity index (χ0v) is 10.8. The molecule has 0 bridgehead atoms. The molecule has 1 aromatic rings. The third kappa shape index (κ3) is 4.41. The molecular weight excluding hydrogens is 240 g/mol. The predicted molar refractivity (Wildman–Crippen MR) is 66.2 cm³/mol. The van der Waals surface area contributed by atoms with E-state index >= 15 is 0 Å². The minimum Gasteiger partial charge on any atom is -0.476 e. The van der Waals surface area contributed by atoms with Gasteiger partial charge in [0, 0.05) is 24.6 Å². The maximum atomic E-state index is 10.7. The van der Waals surface area contributed by atoms with Gasteiger partial charge in [0.05, 0.1) is 5.69 Å². The summed E-state index contributed by atoms with van der Waals surface area (Å²) in [6.45, 7) is 4.84. The highest BCUT2D eigenvalue weighted by Gasteiger charge is 2.14. The van der Waals surface area contributed by atoms with Crippen molar-refractivity contribution >= 4 is 17.3 Å². The molecule has 0 saturated heterocycles. The maximum absolute atomic E-state index is 10.7. The zero-order chi connectivity index (χ0) is 12.8. The molecule has 0 amide bonds. The number of carbonyl (C=O) groups is 1. The van der Waals surface area contributed by atoms with Crippen molar-refractivity contribution in [3.8, 4) is 0 Å². The van der Waals surface area contributed by atoms with Gasteiger partial charge in [-0.05, 0) is 12.3 Å². The Labute approximate surface area is 105 Å². The molecule has 1 heterocycles. The Bertz CT molecular complexity index is 365. The molecule has 0 aromatic carbocycles. The highest BCUT2D eigenvalue weighted by molar-refractivity contribution is 7.11. The van der Waals surface area contributed by atoms with Gasteiger partial charge in [-0.25, -0.2) is 9.78 Å². The number of hydrogen-bond acceptors (Lipinski definition) is 5. The van der Waals surface area contributed by atoms with Gasteiger partial charge in [-0.3, -0.25) is 0 Å². The first-order chi connectivity index (χ1) is 8.04. The van der Waals surface area contributed by atoms with Crippen molar-refractivity contribution in [3.05, 3.63) is 16.1 Å². The van der Waals surface area contributed by atoms with Gasteiger partial charge in [-0.15, -0.1) is 11.3 Å². The topological polar surface area (TPSA) is 82.5 Å². The van der Waals surface area contributed by atoms with Gasteiger partial charge >= 0.3 is 5.97 Å². The van der Waals surface area contributed by atoms with Gasteiger partial charge in [-0.2, -0.15) is 0 Å². The molecule has 0 fully saturated rings. The molecule has 6 heteroatoms. The van der Waals surface area contributed by atoms with Crippen LogP contribution in [0.1, 0.15) is 35.8 Å². The first-order valence-electron chi connectivity index (χ1n) is 5.56. The van der Waals surface area contributed by atoms with Crippen LogP contribution in [0.25, 0.3) is 0 Å². The average molecular weight is 258 g/mol. The van der Waals surface area contributed by atoms with Crippen molar-refractivity contribution in [3.63, 3.8) is 0 Å². The van der Waals surface area contributed by atoms with Gasteiger partial charge in [0.1, 0.15) is 0 Å². The number of thiazole rings is 1. The van der Waals surface area contributed by atoms with Crippen molar-refractivity contribution < 1.29 is 15.0 Å².